The SMILES string of the molecule is O=S(=O)(Nc1ccc(NCc2ccc(F)cc2)cc1)c1ccc(Cl)cc1. The lowest BCUT2D eigenvalue weighted by Crippen LogP contribution is -2.12. The van der Waals surface area contributed by atoms with Crippen LogP contribution in [0.15, 0.2) is 77.7 Å². The molecule has 0 aromatic heterocycles. The molecule has 7 heteroatoms. The minimum Gasteiger partial charge on any atom is -0.381 e. The Kier molecular flexibility index (Phi) is 5.44. The minimum absolute atomic E-state index is 0.139. The van der Waals surface area contributed by atoms with Crippen LogP contribution in [-0.4, -0.2) is 8.42 Å². The van der Waals surface area contributed by atoms with E-state index in [4.69, 9.17) is 11.6 Å². The fourth-order valence-electron chi connectivity index (χ4n) is 2.29. The third kappa shape index (κ3) is 4.74. The van der Waals surface area contributed by atoms with Crippen molar-refractivity contribution in [1.29, 1.82) is 0 Å². The van der Waals surface area contributed by atoms with Crippen LogP contribution in [-0.2, 0) is 16.6 Å². The van der Waals surface area contributed by atoms with E-state index in [0.29, 0.717) is 17.3 Å². The Morgan fingerprint density at radius 1 is 0.808 bits per heavy atom. The molecule has 134 valence electrons. The van der Waals surface area contributed by atoms with Crippen LogP contribution >= 0.6 is 11.6 Å². The Morgan fingerprint density at radius 2 is 1.38 bits per heavy atom. The Labute approximate surface area is 156 Å². The molecule has 0 atom stereocenters. The van der Waals surface area contributed by atoms with Crippen LogP contribution in [0.1, 0.15) is 5.56 Å². The van der Waals surface area contributed by atoms with Crippen LogP contribution in [0.25, 0.3) is 0 Å². The first-order chi connectivity index (χ1) is 12.4. The Balaban J connectivity index is 1.63. The quantitative estimate of drug-likeness (QED) is 0.629. The Hall–Kier alpha value is -2.57. The normalized spacial score (nSPS) is 11.2. The second-order valence-electron chi connectivity index (χ2n) is 5.62. The molecular weight excluding hydrogens is 375 g/mol. The number of hydrogen-bond donors (Lipinski definition) is 2. The molecule has 0 aliphatic carbocycles. The monoisotopic (exact) mass is 390 g/mol. The fourth-order valence-corrected chi connectivity index (χ4v) is 3.47. The van der Waals surface area contributed by atoms with Gasteiger partial charge < -0.3 is 5.32 Å². The van der Waals surface area contributed by atoms with Crippen molar-refractivity contribution in [3.63, 3.8) is 0 Å². The van der Waals surface area contributed by atoms with Crippen molar-refractivity contribution in [1.82, 2.24) is 0 Å². The Morgan fingerprint density at radius 3 is 2.00 bits per heavy atom. The average molecular weight is 391 g/mol. The summed E-state index contributed by atoms with van der Waals surface area (Å²) >= 11 is 5.78. The van der Waals surface area contributed by atoms with Crippen LogP contribution < -0.4 is 10.0 Å². The van der Waals surface area contributed by atoms with Crippen molar-refractivity contribution >= 4 is 33.0 Å². The van der Waals surface area contributed by atoms with Gasteiger partial charge in [-0.3, -0.25) is 4.72 Å². The molecule has 0 unspecified atom stereocenters. The Bertz CT molecular complexity index is 974. The zero-order chi connectivity index (χ0) is 18.6. The lowest BCUT2D eigenvalue weighted by molar-refractivity contribution is 0.601. The lowest BCUT2D eigenvalue weighted by atomic mass is 10.2. The first-order valence-electron chi connectivity index (χ1n) is 7.79. The second kappa shape index (κ2) is 7.76. The minimum atomic E-state index is -3.67. The van der Waals surface area contributed by atoms with Gasteiger partial charge >= 0.3 is 0 Å². The number of anilines is 2. The van der Waals surface area contributed by atoms with Gasteiger partial charge in [0.1, 0.15) is 5.82 Å². The highest BCUT2D eigenvalue weighted by Gasteiger charge is 2.13. The van der Waals surface area contributed by atoms with Gasteiger partial charge in [-0.15, -0.1) is 0 Å². The maximum absolute atomic E-state index is 12.9. The van der Waals surface area contributed by atoms with E-state index in [0.717, 1.165) is 11.3 Å². The summed E-state index contributed by atoms with van der Waals surface area (Å²) in [5.41, 5.74) is 2.22. The van der Waals surface area contributed by atoms with E-state index in [1.807, 2.05) is 0 Å². The van der Waals surface area contributed by atoms with Crippen molar-refractivity contribution < 1.29 is 12.8 Å². The molecule has 0 aliphatic heterocycles. The summed E-state index contributed by atoms with van der Waals surface area (Å²) in [5.74, 6) is -0.272. The van der Waals surface area contributed by atoms with Gasteiger partial charge in [-0.05, 0) is 66.2 Å². The summed E-state index contributed by atoms with van der Waals surface area (Å²) in [6.45, 7) is 0.538. The van der Waals surface area contributed by atoms with Crippen LogP contribution in [0.3, 0.4) is 0 Å². The standard InChI is InChI=1S/C19H16ClFN2O2S/c20-15-3-11-19(12-4-15)26(24,25)23-18-9-7-17(8-10-18)22-13-14-1-5-16(21)6-2-14/h1-12,22-23H,13H2. The molecule has 3 aromatic carbocycles. The van der Waals surface area contributed by atoms with Crippen molar-refractivity contribution in [2.45, 2.75) is 11.4 Å². The highest BCUT2D eigenvalue weighted by molar-refractivity contribution is 7.92. The van der Waals surface area contributed by atoms with E-state index < -0.39 is 10.0 Å². The maximum Gasteiger partial charge on any atom is 0.261 e. The summed E-state index contributed by atoms with van der Waals surface area (Å²) < 4.78 is 40.1. The van der Waals surface area contributed by atoms with Crippen LogP contribution in [0.4, 0.5) is 15.8 Å². The second-order valence-corrected chi connectivity index (χ2v) is 7.74. The highest BCUT2D eigenvalue weighted by Crippen LogP contribution is 2.20. The first kappa shape index (κ1) is 18.2. The van der Waals surface area contributed by atoms with Crippen LogP contribution in [0.2, 0.25) is 5.02 Å². The van der Waals surface area contributed by atoms with E-state index in [-0.39, 0.29) is 10.7 Å². The smallest absolute Gasteiger partial charge is 0.261 e. The summed E-state index contributed by atoms with van der Waals surface area (Å²) in [4.78, 5) is 0.139. The number of nitrogens with one attached hydrogen (secondary N) is 2. The molecule has 4 nitrogen and oxygen atoms in total. The van der Waals surface area contributed by atoms with Gasteiger partial charge in [0.2, 0.25) is 0 Å². The number of rotatable bonds is 6. The van der Waals surface area contributed by atoms with Gasteiger partial charge in [0, 0.05) is 22.9 Å². The van der Waals surface area contributed by atoms with Gasteiger partial charge in [-0.2, -0.15) is 0 Å². The topological polar surface area (TPSA) is 58.2 Å². The fraction of sp³-hybridized carbons (Fsp3) is 0.0526. The molecule has 0 aliphatic rings. The number of benzene rings is 3. The number of halogens is 2. The van der Waals surface area contributed by atoms with Gasteiger partial charge in [0.25, 0.3) is 10.0 Å². The summed E-state index contributed by atoms with van der Waals surface area (Å²) in [6.07, 6.45) is 0. The maximum atomic E-state index is 12.9. The molecule has 0 saturated heterocycles. The molecule has 0 radical (unpaired) electrons. The van der Waals surface area contributed by atoms with Crippen molar-refractivity contribution in [3.05, 3.63) is 89.2 Å². The summed E-state index contributed by atoms with van der Waals surface area (Å²) in [6, 6.07) is 19.0. The van der Waals surface area contributed by atoms with E-state index in [9.17, 15) is 12.8 Å². The van der Waals surface area contributed by atoms with Crippen molar-refractivity contribution in [2.75, 3.05) is 10.0 Å². The van der Waals surface area contributed by atoms with Crippen LogP contribution in [0.5, 0.6) is 0 Å². The number of sulfonamides is 1. The van der Waals surface area contributed by atoms with E-state index >= 15 is 0 Å². The summed E-state index contributed by atoms with van der Waals surface area (Å²) in [7, 11) is -3.67. The van der Waals surface area contributed by atoms with Crippen LogP contribution in [0, 0.1) is 5.82 Å². The molecule has 0 saturated carbocycles. The molecule has 0 bridgehead atoms. The van der Waals surface area contributed by atoms with Crippen molar-refractivity contribution in [2.24, 2.45) is 0 Å². The van der Waals surface area contributed by atoms with Crippen molar-refractivity contribution in [3.8, 4) is 0 Å². The predicted octanol–water partition coefficient (Wildman–Crippen LogP) is 4.89. The first-order valence-corrected chi connectivity index (χ1v) is 9.65. The average Bonchev–Trinajstić information content (AvgIpc) is 2.62. The van der Waals surface area contributed by atoms with Gasteiger partial charge in [-0.25, -0.2) is 12.8 Å². The van der Waals surface area contributed by atoms with Gasteiger partial charge in [-0.1, -0.05) is 23.7 Å². The predicted molar refractivity (Wildman–Crippen MR) is 102 cm³/mol. The third-order valence-electron chi connectivity index (χ3n) is 3.67. The molecule has 26 heavy (non-hydrogen) atoms. The molecular formula is C19H16ClFN2O2S. The molecule has 0 spiro atoms. The molecule has 0 fully saturated rings. The van der Waals surface area contributed by atoms with Gasteiger partial charge in [0.05, 0.1) is 4.90 Å². The molecule has 3 rings (SSSR count). The molecule has 3 aromatic rings. The number of hydrogen-bond acceptors (Lipinski definition) is 3. The molecule has 0 heterocycles. The van der Waals surface area contributed by atoms with E-state index in [1.165, 1.54) is 36.4 Å². The van der Waals surface area contributed by atoms with E-state index in [2.05, 4.69) is 10.0 Å². The lowest BCUT2D eigenvalue weighted by Gasteiger charge is -2.10. The zero-order valence-electron chi connectivity index (χ0n) is 13.6. The molecule has 2 N–H and O–H groups in total. The third-order valence-corrected chi connectivity index (χ3v) is 5.32. The zero-order valence-corrected chi connectivity index (χ0v) is 15.2. The van der Waals surface area contributed by atoms with Gasteiger partial charge in [0.15, 0.2) is 0 Å². The highest BCUT2D eigenvalue weighted by atomic mass is 35.5. The molecule has 0 amide bonds. The summed E-state index contributed by atoms with van der Waals surface area (Å²) in [5, 5.41) is 3.67. The largest absolute Gasteiger partial charge is 0.381 e. The van der Waals surface area contributed by atoms with E-state index in [1.54, 1.807) is 36.4 Å².